The average molecular weight is 592 g/mol. The van der Waals surface area contributed by atoms with Crippen molar-refractivity contribution < 1.29 is 19.0 Å². The molecule has 4 heterocycles. The van der Waals surface area contributed by atoms with Crippen LogP contribution in [0.1, 0.15) is 26.5 Å². The van der Waals surface area contributed by atoms with E-state index in [1.165, 1.54) is 17.7 Å². The van der Waals surface area contributed by atoms with E-state index in [0.717, 1.165) is 42.3 Å². The number of hydrogen-bond acceptors (Lipinski definition) is 10. The maximum Gasteiger partial charge on any atom is 0.412 e. The minimum Gasteiger partial charge on any atom is -0.444 e. The second kappa shape index (κ2) is 12.8. The quantitative estimate of drug-likeness (QED) is 0.261. The molecule has 0 radical (unpaired) electrons. The smallest absolute Gasteiger partial charge is 0.412 e. The van der Waals surface area contributed by atoms with Gasteiger partial charge in [0.15, 0.2) is 5.82 Å². The first-order chi connectivity index (χ1) is 18.6. The van der Waals surface area contributed by atoms with Gasteiger partial charge in [-0.2, -0.15) is 0 Å². The van der Waals surface area contributed by atoms with Crippen LogP contribution in [0.4, 0.5) is 22.1 Å². The van der Waals surface area contributed by atoms with Crippen molar-refractivity contribution in [2.45, 2.75) is 33.3 Å². The number of rotatable bonds is 4. The maximum absolute atomic E-state index is 12.1. The van der Waals surface area contributed by atoms with Gasteiger partial charge in [-0.1, -0.05) is 23.2 Å². The highest BCUT2D eigenvalue weighted by Gasteiger charge is 2.20. The SMILES string of the molecule is C1COCCO1.Cc1cc(Nc2nccc3nc(-c4c(Cl)cc(NC(=O)OC(C)(C)C)cc4Cl)sc23)ncn1. The minimum atomic E-state index is -0.622. The zero-order chi connectivity index (χ0) is 28.0. The van der Waals surface area contributed by atoms with Crippen LogP contribution >= 0.6 is 34.5 Å². The summed E-state index contributed by atoms with van der Waals surface area (Å²) in [7, 11) is 0. The van der Waals surface area contributed by atoms with Crippen LogP contribution in [0.25, 0.3) is 20.8 Å². The molecular weight excluding hydrogens is 563 g/mol. The van der Waals surface area contributed by atoms with Crippen molar-refractivity contribution in [2.24, 2.45) is 0 Å². The van der Waals surface area contributed by atoms with Crippen LogP contribution in [0.3, 0.4) is 0 Å². The Morgan fingerprint density at radius 2 is 1.69 bits per heavy atom. The van der Waals surface area contributed by atoms with Crippen LogP contribution in [-0.4, -0.2) is 58.1 Å². The number of benzene rings is 1. The number of halogens is 2. The predicted molar refractivity (Wildman–Crippen MR) is 154 cm³/mol. The Bertz CT molecular complexity index is 1420. The van der Waals surface area contributed by atoms with Gasteiger partial charge in [-0.3, -0.25) is 5.32 Å². The molecule has 5 rings (SSSR count). The number of aryl methyl sites for hydroxylation is 1. The summed E-state index contributed by atoms with van der Waals surface area (Å²) in [6, 6.07) is 6.86. The molecule has 0 aliphatic carbocycles. The highest BCUT2D eigenvalue weighted by molar-refractivity contribution is 7.22. The molecule has 1 aliphatic rings. The van der Waals surface area contributed by atoms with Crippen molar-refractivity contribution in [2.75, 3.05) is 37.1 Å². The Balaban J connectivity index is 0.000000519. The topological polar surface area (TPSA) is 120 Å². The number of aromatic nitrogens is 4. The lowest BCUT2D eigenvalue weighted by molar-refractivity contribution is -0.0334. The van der Waals surface area contributed by atoms with E-state index in [1.54, 1.807) is 39.1 Å². The molecule has 0 spiro atoms. The van der Waals surface area contributed by atoms with Gasteiger partial charge in [0, 0.05) is 29.2 Å². The molecule has 1 aromatic carbocycles. The third-order valence-electron chi connectivity index (χ3n) is 5.00. The predicted octanol–water partition coefficient (Wildman–Crippen LogP) is 6.89. The van der Waals surface area contributed by atoms with Crippen LogP contribution in [0.5, 0.6) is 0 Å². The molecule has 13 heteroatoms. The largest absolute Gasteiger partial charge is 0.444 e. The molecule has 0 bridgehead atoms. The average Bonchev–Trinajstić information content (AvgIpc) is 3.29. The van der Waals surface area contributed by atoms with E-state index in [2.05, 4.69) is 30.6 Å². The molecule has 0 atom stereocenters. The van der Waals surface area contributed by atoms with Crippen LogP contribution in [0.2, 0.25) is 10.0 Å². The molecule has 1 aliphatic heterocycles. The number of ether oxygens (including phenoxy) is 3. The van der Waals surface area contributed by atoms with Crippen LogP contribution in [0, 0.1) is 6.92 Å². The lowest BCUT2D eigenvalue weighted by atomic mass is 10.2. The van der Waals surface area contributed by atoms with E-state index >= 15 is 0 Å². The first-order valence-corrected chi connectivity index (χ1v) is 13.6. The van der Waals surface area contributed by atoms with Gasteiger partial charge in [-0.25, -0.2) is 24.7 Å². The van der Waals surface area contributed by atoms with Crippen molar-refractivity contribution in [3.05, 3.63) is 52.5 Å². The molecule has 39 heavy (non-hydrogen) atoms. The highest BCUT2D eigenvalue weighted by Crippen LogP contribution is 2.42. The van der Waals surface area contributed by atoms with Gasteiger partial charge in [0.25, 0.3) is 0 Å². The van der Waals surface area contributed by atoms with E-state index in [0.29, 0.717) is 37.9 Å². The van der Waals surface area contributed by atoms with Gasteiger partial charge in [0.1, 0.15) is 22.8 Å². The van der Waals surface area contributed by atoms with Crippen LogP contribution in [0.15, 0.2) is 36.8 Å². The Morgan fingerprint density at radius 1 is 1.03 bits per heavy atom. The number of anilines is 3. The molecule has 1 amide bonds. The lowest BCUT2D eigenvalue weighted by Gasteiger charge is -2.20. The summed E-state index contributed by atoms with van der Waals surface area (Å²) >= 11 is 14.5. The fraction of sp³-hybridized carbons (Fsp3) is 0.346. The number of amides is 1. The van der Waals surface area contributed by atoms with Crippen molar-refractivity contribution >= 4 is 68.2 Å². The second-order valence-corrected chi connectivity index (χ2v) is 11.2. The molecule has 3 aromatic heterocycles. The van der Waals surface area contributed by atoms with Crippen molar-refractivity contribution in [1.82, 2.24) is 19.9 Å². The van der Waals surface area contributed by atoms with Crippen molar-refractivity contribution in [3.63, 3.8) is 0 Å². The number of fused-ring (bicyclic) bond motifs is 1. The van der Waals surface area contributed by atoms with Crippen LogP contribution < -0.4 is 10.6 Å². The van der Waals surface area contributed by atoms with Crippen LogP contribution in [-0.2, 0) is 14.2 Å². The zero-order valence-corrected chi connectivity index (χ0v) is 24.2. The van der Waals surface area contributed by atoms with E-state index in [-0.39, 0.29) is 0 Å². The molecule has 4 aromatic rings. The number of carbonyl (C=O) groups excluding carboxylic acids is 1. The minimum absolute atomic E-state index is 0.349. The first-order valence-electron chi connectivity index (χ1n) is 12.0. The first kappa shape index (κ1) is 28.9. The second-order valence-electron chi connectivity index (χ2n) is 9.36. The number of pyridine rings is 1. The Morgan fingerprint density at radius 3 is 2.28 bits per heavy atom. The van der Waals surface area contributed by atoms with Crippen molar-refractivity contribution in [3.8, 4) is 10.6 Å². The molecule has 1 fully saturated rings. The summed E-state index contributed by atoms with van der Waals surface area (Å²) in [6.07, 6.45) is 2.56. The van der Waals surface area contributed by atoms with E-state index in [1.807, 2.05) is 19.1 Å². The van der Waals surface area contributed by atoms with E-state index in [4.69, 9.17) is 37.4 Å². The molecule has 2 N–H and O–H groups in total. The Hall–Kier alpha value is -3.09. The number of thiazole rings is 1. The summed E-state index contributed by atoms with van der Waals surface area (Å²) in [5.74, 6) is 1.25. The van der Waals surface area contributed by atoms with Gasteiger partial charge in [-0.05, 0) is 45.9 Å². The summed E-state index contributed by atoms with van der Waals surface area (Å²) in [4.78, 5) is 29.5. The van der Waals surface area contributed by atoms with Gasteiger partial charge >= 0.3 is 6.09 Å². The summed E-state index contributed by atoms with van der Waals surface area (Å²) in [5.41, 5.74) is 1.94. The third-order valence-corrected chi connectivity index (χ3v) is 6.69. The van der Waals surface area contributed by atoms with E-state index < -0.39 is 11.7 Å². The molecule has 0 saturated carbocycles. The van der Waals surface area contributed by atoms with Gasteiger partial charge in [0.2, 0.25) is 0 Å². The third kappa shape index (κ3) is 8.20. The number of nitrogens with one attached hydrogen (secondary N) is 2. The number of nitrogens with zero attached hydrogens (tertiary/aromatic N) is 4. The standard InChI is InChI=1S/C22H20Cl2N6O2S.C4H8O2/c1-11-7-16(27-10-26-11)30-19-18-15(5-6-25-19)29-20(33-18)17-13(23)8-12(9-14(17)24)28-21(31)32-22(2,3)4;1-2-6-4-3-5-1/h5-10H,1-4H3,(H,28,31)(H,25,26,27,30);1-4H2. The molecule has 1 saturated heterocycles. The summed E-state index contributed by atoms with van der Waals surface area (Å²) in [5, 5.41) is 7.18. The molecule has 0 unspecified atom stereocenters. The molecule has 206 valence electrons. The maximum atomic E-state index is 12.1. The van der Waals surface area contributed by atoms with E-state index in [9.17, 15) is 4.79 Å². The van der Waals surface area contributed by atoms with Gasteiger partial charge in [-0.15, -0.1) is 11.3 Å². The zero-order valence-electron chi connectivity index (χ0n) is 21.9. The molecule has 10 nitrogen and oxygen atoms in total. The molecular formula is C26H28Cl2N6O4S. The monoisotopic (exact) mass is 590 g/mol. The highest BCUT2D eigenvalue weighted by atomic mass is 35.5. The van der Waals surface area contributed by atoms with Crippen molar-refractivity contribution in [1.29, 1.82) is 0 Å². The fourth-order valence-electron chi connectivity index (χ4n) is 3.41. The normalized spacial score (nSPS) is 13.4. The van der Waals surface area contributed by atoms with Gasteiger partial charge < -0.3 is 19.5 Å². The summed E-state index contributed by atoms with van der Waals surface area (Å²) < 4.78 is 16.0. The number of hydrogen-bond donors (Lipinski definition) is 2. The Kier molecular flexibility index (Phi) is 9.52. The Labute approximate surface area is 240 Å². The number of carbonyl (C=O) groups is 1. The lowest BCUT2D eigenvalue weighted by Crippen LogP contribution is -2.27. The summed E-state index contributed by atoms with van der Waals surface area (Å²) in [6.45, 7) is 10.4. The fourth-order valence-corrected chi connectivity index (χ4v) is 5.26. The van der Waals surface area contributed by atoms with Gasteiger partial charge in [0.05, 0.1) is 46.7 Å².